The van der Waals surface area contributed by atoms with Crippen LogP contribution in [0.1, 0.15) is 30.7 Å². The standard InChI is InChI=1S/C21H18ClN3O4S/c1-14(26)25-20(21-6-3-11-29-21)13-19(23-25)15-7-9-17(10-8-15)24-30(27,28)18-5-2-4-16(22)12-18/h2-12,20,24H,13H2,1H3. The van der Waals surface area contributed by atoms with Gasteiger partial charge in [0.2, 0.25) is 5.91 Å². The topological polar surface area (TPSA) is 92.0 Å². The molecule has 0 spiro atoms. The molecule has 1 N–H and O–H groups in total. The zero-order valence-electron chi connectivity index (χ0n) is 15.9. The number of hydrogen-bond donors (Lipinski definition) is 1. The van der Waals surface area contributed by atoms with Crippen molar-refractivity contribution >= 4 is 38.9 Å². The van der Waals surface area contributed by atoms with Gasteiger partial charge in [0.15, 0.2) is 0 Å². The van der Waals surface area contributed by atoms with Gasteiger partial charge >= 0.3 is 0 Å². The van der Waals surface area contributed by atoms with E-state index in [4.69, 9.17) is 16.0 Å². The minimum absolute atomic E-state index is 0.0811. The molecule has 1 aliphatic heterocycles. The van der Waals surface area contributed by atoms with Gasteiger partial charge in [0.25, 0.3) is 10.0 Å². The molecule has 1 unspecified atom stereocenters. The molecular weight excluding hydrogens is 426 g/mol. The monoisotopic (exact) mass is 443 g/mol. The highest BCUT2D eigenvalue weighted by molar-refractivity contribution is 7.92. The third-order valence-electron chi connectivity index (χ3n) is 4.68. The van der Waals surface area contributed by atoms with Crippen molar-refractivity contribution in [3.05, 3.63) is 83.3 Å². The van der Waals surface area contributed by atoms with Crippen LogP contribution in [0.4, 0.5) is 5.69 Å². The van der Waals surface area contributed by atoms with Crippen LogP contribution in [0.5, 0.6) is 0 Å². The maximum atomic E-state index is 12.5. The Labute approximate surface area is 179 Å². The average Bonchev–Trinajstić information content (AvgIpc) is 3.38. The van der Waals surface area contributed by atoms with Gasteiger partial charge in [0.1, 0.15) is 11.8 Å². The lowest BCUT2D eigenvalue weighted by atomic mass is 10.0. The molecule has 4 rings (SSSR count). The largest absolute Gasteiger partial charge is 0.467 e. The number of nitrogens with one attached hydrogen (secondary N) is 1. The second kappa shape index (κ2) is 7.97. The molecule has 1 amide bonds. The van der Waals surface area contributed by atoms with Crippen LogP contribution in [-0.4, -0.2) is 25.0 Å². The van der Waals surface area contributed by atoms with Crippen molar-refractivity contribution in [2.75, 3.05) is 4.72 Å². The van der Waals surface area contributed by atoms with Crippen LogP contribution in [0.3, 0.4) is 0 Å². The van der Waals surface area contributed by atoms with Crippen LogP contribution in [0, 0.1) is 0 Å². The molecule has 0 saturated carbocycles. The van der Waals surface area contributed by atoms with E-state index in [0.29, 0.717) is 22.9 Å². The quantitative estimate of drug-likeness (QED) is 0.631. The van der Waals surface area contributed by atoms with Crippen molar-refractivity contribution in [2.24, 2.45) is 5.10 Å². The summed E-state index contributed by atoms with van der Waals surface area (Å²) in [6, 6.07) is 16.2. The van der Waals surface area contributed by atoms with Crippen LogP contribution in [0.25, 0.3) is 0 Å². The Hall–Kier alpha value is -3.10. The first-order valence-electron chi connectivity index (χ1n) is 9.13. The van der Waals surface area contributed by atoms with Gasteiger partial charge < -0.3 is 4.42 Å². The average molecular weight is 444 g/mol. The molecule has 2 heterocycles. The van der Waals surface area contributed by atoms with Gasteiger partial charge in [-0.3, -0.25) is 9.52 Å². The molecule has 0 bridgehead atoms. The van der Waals surface area contributed by atoms with Crippen molar-refractivity contribution in [1.82, 2.24) is 5.01 Å². The number of hydrogen-bond acceptors (Lipinski definition) is 5. The molecule has 154 valence electrons. The number of amides is 1. The summed E-state index contributed by atoms with van der Waals surface area (Å²) in [7, 11) is -3.76. The Bertz CT molecular complexity index is 1210. The highest BCUT2D eigenvalue weighted by atomic mass is 35.5. The number of carbonyl (C=O) groups excluding carboxylic acids is 1. The zero-order valence-corrected chi connectivity index (χ0v) is 17.5. The maximum absolute atomic E-state index is 12.5. The summed E-state index contributed by atoms with van der Waals surface area (Å²) < 4.78 is 33.1. The summed E-state index contributed by atoms with van der Waals surface area (Å²) in [5, 5.41) is 6.19. The lowest BCUT2D eigenvalue weighted by Gasteiger charge is -2.17. The molecule has 1 atom stereocenters. The first-order chi connectivity index (χ1) is 14.3. The minimum Gasteiger partial charge on any atom is -0.467 e. The second-order valence-electron chi connectivity index (χ2n) is 6.79. The van der Waals surface area contributed by atoms with Crippen LogP contribution in [-0.2, 0) is 14.8 Å². The summed E-state index contributed by atoms with van der Waals surface area (Å²) in [4.78, 5) is 12.1. The van der Waals surface area contributed by atoms with Gasteiger partial charge in [0, 0.05) is 24.1 Å². The summed E-state index contributed by atoms with van der Waals surface area (Å²) >= 11 is 5.89. The molecule has 0 radical (unpaired) electrons. The van der Waals surface area contributed by atoms with E-state index in [1.165, 1.54) is 24.1 Å². The van der Waals surface area contributed by atoms with E-state index in [2.05, 4.69) is 9.82 Å². The summed E-state index contributed by atoms with van der Waals surface area (Å²) in [5.74, 6) is 0.479. The normalized spacial score (nSPS) is 16.4. The van der Waals surface area contributed by atoms with Crippen molar-refractivity contribution in [3.8, 4) is 0 Å². The number of carbonyl (C=O) groups is 1. The summed E-state index contributed by atoms with van der Waals surface area (Å²) in [6.45, 7) is 1.45. The van der Waals surface area contributed by atoms with E-state index in [9.17, 15) is 13.2 Å². The summed E-state index contributed by atoms with van der Waals surface area (Å²) in [5.41, 5.74) is 1.92. The highest BCUT2D eigenvalue weighted by Crippen LogP contribution is 2.33. The molecule has 0 fully saturated rings. The smallest absolute Gasteiger partial charge is 0.261 e. The maximum Gasteiger partial charge on any atom is 0.261 e. The van der Waals surface area contributed by atoms with Gasteiger partial charge in [-0.1, -0.05) is 29.8 Å². The molecule has 2 aromatic carbocycles. The van der Waals surface area contributed by atoms with Crippen LogP contribution in [0.15, 0.2) is 81.3 Å². The van der Waals surface area contributed by atoms with E-state index in [0.717, 1.165) is 11.3 Å². The van der Waals surface area contributed by atoms with Crippen molar-refractivity contribution in [2.45, 2.75) is 24.3 Å². The van der Waals surface area contributed by atoms with Gasteiger partial charge in [0.05, 0.1) is 16.9 Å². The van der Waals surface area contributed by atoms with E-state index in [1.807, 2.05) is 6.07 Å². The SMILES string of the molecule is CC(=O)N1N=C(c2ccc(NS(=O)(=O)c3cccc(Cl)c3)cc2)CC1c1ccco1. The lowest BCUT2D eigenvalue weighted by Crippen LogP contribution is -2.23. The van der Waals surface area contributed by atoms with E-state index in [1.54, 1.807) is 48.7 Å². The van der Waals surface area contributed by atoms with Gasteiger partial charge in [-0.05, 0) is 48.0 Å². The van der Waals surface area contributed by atoms with E-state index < -0.39 is 10.0 Å². The third kappa shape index (κ3) is 4.10. The number of nitrogens with zero attached hydrogens (tertiary/aromatic N) is 2. The number of anilines is 1. The second-order valence-corrected chi connectivity index (χ2v) is 8.90. The first-order valence-corrected chi connectivity index (χ1v) is 11.0. The molecule has 0 saturated heterocycles. The third-order valence-corrected chi connectivity index (χ3v) is 6.30. The fraction of sp³-hybridized carbons (Fsp3) is 0.143. The zero-order chi connectivity index (χ0) is 21.3. The van der Waals surface area contributed by atoms with Crippen LogP contribution < -0.4 is 4.72 Å². The van der Waals surface area contributed by atoms with Crippen molar-refractivity contribution in [3.63, 3.8) is 0 Å². The number of sulfonamides is 1. The van der Waals surface area contributed by atoms with Crippen molar-refractivity contribution in [1.29, 1.82) is 0 Å². The van der Waals surface area contributed by atoms with Gasteiger partial charge in [-0.2, -0.15) is 5.10 Å². The van der Waals surface area contributed by atoms with Crippen molar-refractivity contribution < 1.29 is 17.6 Å². The molecule has 1 aromatic heterocycles. The predicted octanol–water partition coefficient (Wildman–Crippen LogP) is 4.43. The number of furan rings is 1. The molecule has 3 aromatic rings. The fourth-order valence-corrected chi connectivity index (χ4v) is 4.62. The Kier molecular flexibility index (Phi) is 5.36. The van der Waals surface area contributed by atoms with E-state index in [-0.39, 0.29) is 16.8 Å². The van der Waals surface area contributed by atoms with Gasteiger partial charge in [-0.25, -0.2) is 13.4 Å². The number of benzene rings is 2. The molecular formula is C21H18ClN3O4S. The Morgan fingerprint density at radius 1 is 1.17 bits per heavy atom. The molecule has 9 heteroatoms. The number of hydrazone groups is 1. The predicted molar refractivity (Wildman–Crippen MR) is 114 cm³/mol. The lowest BCUT2D eigenvalue weighted by molar-refractivity contribution is -0.130. The highest BCUT2D eigenvalue weighted by Gasteiger charge is 2.33. The molecule has 1 aliphatic rings. The van der Waals surface area contributed by atoms with Crippen LogP contribution >= 0.6 is 11.6 Å². The Morgan fingerprint density at radius 3 is 2.57 bits per heavy atom. The molecule has 7 nitrogen and oxygen atoms in total. The Morgan fingerprint density at radius 2 is 1.93 bits per heavy atom. The fourth-order valence-electron chi connectivity index (χ4n) is 3.26. The van der Waals surface area contributed by atoms with Crippen LogP contribution in [0.2, 0.25) is 5.02 Å². The number of rotatable bonds is 5. The first kappa shape index (κ1) is 20.2. The molecule has 0 aliphatic carbocycles. The summed E-state index contributed by atoms with van der Waals surface area (Å²) in [6.07, 6.45) is 2.06. The molecule has 30 heavy (non-hydrogen) atoms. The minimum atomic E-state index is -3.76. The van der Waals surface area contributed by atoms with Gasteiger partial charge in [-0.15, -0.1) is 0 Å². The number of halogens is 1. The Balaban J connectivity index is 1.54. The van der Waals surface area contributed by atoms with E-state index >= 15 is 0 Å².